The lowest BCUT2D eigenvalue weighted by molar-refractivity contribution is -0.149. The van der Waals surface area contributed by atoms with Crippen LogP contribution in [0.2, 0.25) is 0 Å². The van der Waals surface area contributed by atoms with Crippen LogP contribution in [0.5, 0.6) is 0 Å². The molecule has 2 aliphatic heterocycles. The van der Waals surface area contributed by atoms with Gasteiger partial charge >= 0.3 is 5.97 Å². The lowest BCUT2D eigenvalue weighted by atomic mass is 9.97. The second kappa shape index (κ2) is 7.10. The summed E-state index contributed by atoms with van der Waals surface area (Å²) in [6.07, 6.45) is 4.67. The Labute approximate surface area is 110 Å². The number of nitrogens with zero attached hydrogens (tertiary/aromatic N) is 2. The van der Waals surface area contributed by atoms with Crippen molar-refractivity contribution in [2.24, 2.45) is 5.92 Å². The van der Waals surface area contributed by atoms with Gasteiger partial charge in [0.05, 0.1) is 12.5 Å². The molecule has 0 aromatic rings. The molecule has 0 spiro atoms. The van der Waals surface area contributed by atoms with Crippen LogP contribution in [0.4, 0.5) is 0 Å². The summed E-state index contributed by atoms with van der Waals surface area (Å²) in [6, 6.07) is 0. The van der Waals surface area contributed by atoms with E-state index >= 15 is 0 Å². The maximum Gasteiger partial charge on any atom is 0.309 e. The Hall–Kier alpha value is -0.610. The van der Waals surface area contributed by atoms with Crippen LogP contribution >= 0.6 is 0 Å². The smallest absolute Gasteiger partial charge is 0.309 e. The molecule has 0 aromatic carbocycles. The van der Waals surface area contributed by atoms with Gasteiger partial charge in [-0.1, -0.05) is 0 Å². The fourth-order valence-electron chi connectivity index (χ4n) is 2.94. The Morgan fingerprint density at radius 1 is 1.06 bits per heavy atom. The Morgan fingerprint density at radius 2 is 1.61 bits per heavy atom. The molecule has 0 unspecified atom stereocenters. The van der Waals surface area contributed by atoms with Crippen LogP contribution in [0.15, 0.2) is 0 Å². The second-order valence-electron chi connectivity index (χ2n) is 5.42. The number of hydrogen-bond acceptors (Lipinski definition) is 4. The normalized spacial score (nSPS) is 23.4. The number of rotatable bonds is 5. The summed E-state index contributed by atoms with van der Waals surface area (Å²) in [7, 11) is 0. The number of carbonyl (C=O) groups excluding carboxylic acids is 1. The van der Waals surface area contributed by atoms with E-state index in [0.717, 1.165) is 32.5 Å². The first-order valence-electron chi connectivity index (χ1n) is 7.41. The molecule has 4 heteroatoms. The lowest BCUT2D eigenvalue weighted by Crippen LogP contribution is -2.40. The van der Waals surface area contributed by atoms with Gasteiger partial charge in [0.2, 0.25) is 0 Å². The van der Waals surface area contributed by atoms with Crippen molar-refractivity contribution in [3.8, 4) is 0 Å². The summed E-state index contributed by atoms with van der Waals surface area (Å²) < 4.78 is 5.09. The molecule has 0 aliphatic carbocycles. The molecule has 2 heterocycles. The highest BCUT2D eigenvalue weighted by molar-refractivity contribution is 5.72. The zero-order valence-electron chi connectivity index (χ0n) is 11.6. The number of likely N-dealkylation sites (tertiary alicyclic amines) is 2. The molecule has 18 heavy (non-hydrogen) atoms. The van der Waals surface area contributed by atoms with Crippen molar-refractivity contribution >= 4 is 5.97 Å². The molecule has 2 aliphatic rings. The molecule has 4 nitrogen and oxygen atoms in total. The van der Waals surface area contributed by atoms with Crippen LogP contribution in [0, 0.1) is 5.92 Å². The first kappa shape index (κ1) is 13.8. The molecule has 0 saturated carbocycles. The molecule has 0 bridgehead atoms. The summed E-state index contributed by atoms with van der Waals surface area (Å²) >= 11 is 0. The van der Waals surface area contributed by atoms with E-state index in [2.05, 4.69) is 9.80 Å². The highest BCUT2D eigenvalue weighted by Crippen LogP contribution is 2.18. The van der Waals surface area contributed by atoms with Gasteiger partial charge in [-0.2, -0.15) is 0 Å². The van der Waals surface area contributed by atoms with E-state index < -0.39 is 0 Å². The van der Waals surface area contributed by atoms with Crippen LogP contribution in [-0.4, -0.2) is 61.6 Å². The molecule has 0 radical (unpaired) electrons. The third kappa shape index (κ3) is 3.95. The topological polar surface area (TPSA) is 32.8 Å². The second-order valence-corrected chi connectivity index (χ2v) is 5.42. The minimum atomic E-state index is 0.0108. The quantitative estimate of drug-likeness (QED) is 0.694. The van der Waals surface area contributed by atoms with Crippen molar-refractivity contribution < 1.29 is 9.53 Å². The summed E-state index contributed by atoms with van der Waals surface area (Å²) in [4.78, 5) is 16.7. The lowest BCUT2D eigenvalue weighted by Gasteiger charge is -2.31. The Balaban J connectivity index is 1.62. The fraction of sp³-hybridized carbons (Fsp3) is 0.929. The van der Waals surface area contributed by atoms with Gasteiger partial charge in [-0.25, -0.2) is 0 Å². The molecule has 104 valence electrons. The van der Waals surface area contributed by atoms with Crippen LogP contribution < -0.4 is 0 Å². The molecule has 0 aromatic heterocycles. The van der Waals surface area contributed by atoms with E-state index in [1.54, 1.807) is 0 Å². The van der Waals surface area contributed by atoms with Crippen molar-refractivity contribution in [2.45, 2.75) is 32.6 Å². The summed E-state index contributed by atoms with van der Waals surface area (Å²) in [5, 5.41) is 0. The van der Waals surface area contributed by atoms with Gasteiger partial charge in [0.25, 0.3) is 0 Å². The van der Waals surface area contributed by atoms with Crippen molar-refractivity contribution in [1.82, 2.24) is 9.80 Å². The van der Waals surface area contributed by atoms with Crippen molar-refractivity contribution in [1.29, 1.82) is 0 Å². The zero-order valence-corrected chi connectivity index (χ0v) is 11.6. The van der Waals surface area contributed by atoms with E-state index in [9.17, 15) is 4.79 Å². The predicted octanol–water partition coefficient (Wildman–Crippen LogP) is 1.36. The number of piperidine rings is 1. The molecular weight excluding hydrogens is 228 g/mol. The third-order valence-corrected chi connectivity index (χ3v) is 4.14. The van der Waals surface area contributed by atoms with Crippen LogP contribution in [0.1, 0.15) is 32.6 Å². The molecule has 2 fully saturated rings. The van der Waals surface area contributed by atoms with E-state index in [0.29, 0.717) is 6.61 Å². The van der Waals surface area contributed by atoms with Gasteiger partial charge in [0.15, 0.2) is 0 Å². The number of ether oxygens (including phenoxy) is 1. The highest BCUT2D eigenvalue weighted by Gasteiger charge is 2.26. The van der Waals surface area contributed by atoms with Gasteiger partial charge in [0, 0.05) is 13.1 Å². The summed E-state index contributed by atoms with van der Waals surface area (Å²) in [5.41, 5.74) is 0. The first-order valence-corrected chi connectivity index (χ1v) is 7.41. The average molecular weight is 254 g/mol. The monoisotopic (exact) mass is 254 g/mol. The zero-order chi connectivity index (χ0) is 12.8. The van der Waals surface area contributed by atoms with Crippen molar-refractivity contribution in [2.75, 3.05) is 45.9 Å². The molecule has 2 rings (SSSR count). The standard InChI is InChI=1S/C14H26N2O2/c1-2-18-14(17)13-5-9-16(10-6-13)12-11-15-7-3-4-8-15/h13H,2-12H2,1H3. The molecule has 2 saturated heterocycles. The minimum absolute atomic E-state index is 0.0108. The average Bonchev–Trinajstić information content (AvgIpc) is 2.90. The Bertz CT molecular complexity index is 257. The largest absolute Gasteiger partial charge is 0.466 e. The fourth-order valence-corrected chi connectivity index (χ4v) is 2.94. The molecule has 0 atom stereocenters. The molecular formula is C14H26N2O2. The highest BCUT2D eigenvalue weighted by atomic mass is 16.5. The first-order chi connectivity index (χ1) is 8.79. The Morgan fingerprint density at radius 3 is 2.17 bits per heavy atom. The SMILES string of the molecule is CCOC(=O)C1CCN(CCN2CCCC2)CC1. The van der Waals surface area contributed by atoms with E-state index in [4.69, 9.17) is 4.74 Å². The van der Waals surface area contributed by atoms with Gasteiger partial charge in [-0.3, -0.25) is 4.79 Å². The number of hydrogen-bond donors (Lipinski definition) is 0. The van der Waals surface area contributed by atoms with E-state index in [-0.39, 0.29) is 11.9 Å². The minimum Gasteiger partial charge on any atom is -0.466 e. The van der Waals surface area contributed by atoms with Crippen LogP contribution in [0.3, 0.4) is 0 Å². The number of carbonyl (C=O) groups is 1. The van der Waals surface area contributed by atoms with Crippen molar-refractivity contribution in [3.05, 3.63) is 0 Å². The van der Waals surface area contributed by atoms with Gasteiger partial charge in [-0.05, 0) is 58.8 Å². The van der Waals surface area contributed by atoms with Gasteiger partial charge < -0.3 is 14.5 Å². The molecule has 0 amide bonds. The Kier molecular flexibility index (Phi) is 5.45. The van der Waals surface area contributed by atoms with E-state index in [1.807, 2.05) is 6.92 Å². The van der Waals surface area contributed by atoms with E-state index in [1.165, 1.54) is 32.5 Å². The van der Waals surface area contributed by atoms with Gasteiger partial charge in [-0.15, -0.1) is 0 Å². The van der Waals surface area contributed by atoms with Crippen LogP contribution in [-0.2, 0) is 9.53 Å². The maximum absolute atomic E-state index is 11.6. The maximum atomic E-state index is 11.6. The third-order valence-electron chi connectivity index (χ3n) is 4.14. The summed E-state index contributed by atoms with van der Waals surface area (Å²) in [5.74, 6) is 0.157. The molecule has 0 N–H and O–H groups in total. The summed E-state index contributed by atoms with van der Waals surface area (Å²) in [6.45, 7) is 9.41. The number of esters is 1. The van der Waals surface area contributed by atoms with Gasteiger partial charge in [0.1, 0.15) is 0 Å². The van der Waals surface area contributed by atoms with Crippen molar-refractivity contribution in [3.63, 3.8) is 0 Å². The predicted molar refractivity (Wildman–Crippen MR) is 71.5 cm³/mol. The van der Waals surface area contributed by atoms with Crippen LogP contribution in [0.25, 0.3) is 0 Å².